The standard InChI is InChI=1S/C13H17NO2/c1-3-12(16-13(15)4-2)10-14-11-8-6-5-7-9-11/h4-9,12,14H,2-3,10H2,1H3. The predicted octanol–water partition coefficient (Wildman–Crippen LogP) is 2.61. The van der Waals surface area contributed by atoms with Gasteiger partial charge in [-0.05, 0) is 18.6 Å². The molecule has 1 aromatic carbocycles. The fourth-order valence-corrected chi connectivity index (χ4v) is 1.27. The molecule has 0 spiro atoms. The first kappa shape index (κ1) is 12.3. The third kappa shape index (κ3) is 4.17. The Hall–Kier alpha value is -1.77. The lowest BCUT2D eigenvalue weighted by atomic mass is 10.2. The highest BCUT2D eigenvalue weighted by Crippen LogP contribution is 2.07. The van der Waals surface area contributed by atoms with Gasteiger partial charge in [0, 0.05) is 11.8 Å². The molecule has 0 saturated carbocycles. The van der Waals surface area contributed by atoms with Gasteiger partial charge in [-0.3, -0.25) is 0 Å². The Morgan fingerprint density at radius 2 is 2.19 bits per heavy atom. The summed E-state index contributed by atoms with van der Waals surface area (Å²) in [5, 5.41) is 3.21. The summed E-state index contributed by atoms with van der Waals surface area (Å²) in [7, 11) is 0. The highest BCUT2D eigenvalue weighted by Gasteiger charge is 2.09. The van der Waals surface area contributed by atoms with E-state index in [-0.39, 0.29) is 12.1 Å². The summed E-state index contributed by atoms with van der Waals surface area (Å²) in [6.45, 7) is 5.96. The van der Waals surface area contributed by atoms with Gasteiger partial charge in [0.2, 0.25) is 0 Å². The molecule has 0 amide bonds. The van der Waals surface area contributed by atoms with Gasteiger partial charge in [0.05, 0.1) is 6.54 Å². The van der Waals surface area contributed by atoms with E-state index in [0.29, 0.717) is 6.54 Å². The fraction of sp³-hybridized carbons (Fsp3) is 0.308. The van der Waals surface area contributed by atoms with Crippen molar-refractivity contribution in [1.82, 2.24) is 0 Å². The van der Waals surface area contributed by atoms with Crippen LogP contribution in [0.5, 0.6) is 0 Å². The van der Waals surface area contributed by atoms with Crippen LogP contribution in [-0.2, 0) is 9.53 Å². The smallest absolute Gasteiger partial charge is 0.330 e. The normalized spacial score (nSPS) is 11.6. The van der Waals surface area contributed by atoms with Crippen molar-refractivity contribution >= 4 is 11.7 Å². The zero-order chi connectivity index (χ0) is 11.8. The highest BCUT2D eigenvalue weighted by molar-refractivity contribution is 5.81. The number of carbonyl (C=O) groups excluding carboxylic acids is 1. The summed E-state index contributed by atoms with van der Waals surface area (Å²) in [6.07, 6.45) is 1.84. The first-order valence-electron chi connectivity index (χ1n) is 5.38. The second kappa shape index (κ2) is 6.67. The lowest BCUT2D eigenvalue weighted by Crippen LogP contribution is -2.24. The average Bonchev–Trinajstić information content (AvgIpc) is 2.35. The number of carbonyl (C=O) groups is 1. The van der Waals surface area contributed by atoms with E-state index in [4.69, 9.17) is 4.74 Å². The summed E-state index contributed by atoms with van der Waals surface area (Å²) < 4.78 is 5.15. The molecule has 0 aliphatic carbocycles. The Bertz CT molecular complexity index is 335. The molecule has 16 heavy (non-hydrogen) atoms. The first-order chi connectivity index (χ1) is 7.76. The number of hydrogen-bond donors (Lipinski definition) is 1. The van der Waals surface area contributed by atoms with Gasteiger partial charge in [0.25, 0.3) is 0 Å². The first-order valence-corrected chi connectivity index (χ1v) is 5.38. The van der Waals surface area contributed by atoms with E-state index in [1.54, 1.807) is 0 Å². The molecule has 0 aliphatic heterocycles. The molecule has 0 bridgehead atoms. The molecule has 3 nitrogen and oxygen atoms in total. The second-order valence-corrected chi connectivity index (χ2v) is 3.42. The van der Waals surface area contributed by atoms with E-state index < -0.39 is 0 Å². The molecule has 0 aliphatic rings. The topological polar surface area (TPSA) is 38.3 Å². The highest BCUT2D eigenvalue weighted by atomic mass is 16.5. The van der Waals surface area contributed by atoms with Crippen LogP contribution < -0.4 is 5.32 Å². The number of benzene rings is 1. The third-order valence-electron chi connectivity index (χ3n) is 2.21. The van der Waals surface area contributed by atoms with Crippen LogP contribution in [0, 0.1) is 0 Å². The molecule has 1 aromatic rings. The van der Waals surface area contributed by atoms with Crippen LogP contribution in [0.4, 0.5) is 5.69 Å². The van der Waals surface area contributed by atoms with Gasteiger partial charge < -0.3 is 10.1 Å². The van der Waals surface area contributed by atoms with E-state index in [1.807, 2.05) is 37.3 Å². The van der Waals surface area contributed by atoms with Crippen molar-refractivity contribution in [2.24, 2.45) is 0 Å². The van der Waals surface area contributed by atoms with Crippen molar-refractivity contribution in [2.75, 3.05) is 11.9 Å². The number of anilines is 1. The molecule has 0 radical (unpaired) electrons. The number of rotatable bonds is 6. The van der Waals surface area contributed by atoms with Crippen molar-refractivity contribution in [3.8, 4) is 0 Å². The number of ether oxygens (including phenoxy) is 1. The lowest BCUT2D eigenvalue weighted by Gasteiger charge is -2.16. The average molecular weight is 219 g/mol. The van der Waals surface area contributed by atoms with E-state index in [1.165, 1.54) is 6.08 Å². The molecule has 0 aromatic heterocycles. The largest absolute Gasteiger partial charge is 0.457 e. The van der Waals surface area contributed by atoms with Crippen LogP contribution in [0.1, 0.15) is 13.3 Å². The molecule has 0 fully saturated rings. The third-order valence-corrected chi connectivity index (χ3v) is 2.21. The predicted molar refractivity (Wildman–Crippen MR) is 65.3 cm³/mol. The van der Waals surface area contributed by atoms with Crippen LogP contribution in [-0.4, -0.2) is 18.6 Å². The number of nitrogens with one attached hydrogen (secondary N) is 1. The Balaban J connectivity index is 2.40. The summed E-state index contributed by atoms with van der Waals surface area (Å²) >= 11 is 0. The molecule has 1 N–H and O–H groups in total. The van der Waals surface area contributed by atoms with E-state index >= 15 is 0 Å². The van der Waals surface area contributed by atoms with Crippen LogP contribution >= 0.6 is 0 Å². The van der Waals surface area contributed by atoms with Gasteiger partial charge in [0.1, 0.15) is 6.10 Å². The molecular weight excluding hydrogens is 202 g/mol. The van der Waals surface area contributed by atoms with Crippen molar-refractivity contribution in [1.29, 1.82) is 0 Å². The van der Waals surface area contributed by atoms with Crippen LogP contribution in [0.2, 0.25) is 0 Å². The second-order valence-electron chi connectivity index (χ2n) is 3.42. The molecular formula is C13H17NO2. The lowest BCUT2D eigenvalue weighted by molar-refractivity contribution is -0.142. The Morgan fingerprint density at radius 3 is 2.75 bits per heavy atom. The van der Waals surface area contributed by atoms with Crippen LogP contribution in [0.3, 0.4) is 0 Å². The molecule has 1 unspecified atom stereocenters. The summed E-state index contributed by atoms with van der Waals surface area (Å²) in [5.74, 6) is -0.373. The van der Waals surface area contributed by atoms with E-state index in [0.717, 1.165) is 12.1 Å². The quantitative estimate of drug-likeness (QED) is 0.590. The SMILES string of the molecule is C=CC(=O)OC(CC)CNc1ccccc1. The number of para-hydroxylation sites is 1. The molecule has 1 atom stereocenters. The number of hydrogen-bond acceptors (Lipinski definition) is 3. The van der Waals surface area contributed by atoms with Crippen molar-refractivity contribution in [3.63, 3.8) is 0 Å². The monoisotopic (exact) mass is 219 g/mol. The van der Waals surface area contributed by atoms with Gasteiger partial charge in [0.15, 0.2) is 0 Å². The molecule has 86 valence electrons. The summed E-state index contributed by atoms with van der Waals surface area (Å²) in [6, 6.07) is 9.82. The van der Waals surface area contributed by atoms with Crippen molar-refractivity contribution < 1.29 is 9.53 Å². The van der Waals surface area contributed by atoms with E-state index in [9.17, 15) is 4.79 Å². The zero-order valence-electron chi connectivity index (χ0n) is 9.48. The van der Waals surface area contributed by atoms with Gasteiger partial charge in [-0.25, -0.2) is 4.79 Å². The maximum absolute atomic E-state index is 11.0. The number of esters is 1. The summed E-state index contributed by atoms with van der Waals surface area (Å²) in [4.78, 5) is 11.0. The molecule has 3 heteroatoms. The summed E-state index contributed by atoms with van der Waals surface area (Å²) in [5.41, 5.74) is 1.02. The Morgan fingerprint density at radius 1 is 1.50 bits per heavy atom. The van der Waals surface area contributed by atoms with Gasteiger partial charge >= 0.3 is 5.97 Å². The van der Waals surface area contributed by atoms with Gasteiger partial charge in [-0.15, -0.1) is 0 Å². The molecule has 0 saturated heterocycles. The maximum Gasteiger partial charge on any atom is 0.330 e. The van der Waals surface area contributed by atoms with Crippen molar-refractivity contribution in [2.45, 2.75) is 19.4 Å². The Kier molecular flexibility index (Phi) is 5.12. The maximum atomic E-state index is 11.0. The van der Waals surface area contributed by atoms with Crippen molar-refractivity contribution in [3.05, 3.63) is 43.0 Å². The van der Waals surface area contributed by atoms with Crippen LogP contribution in [0.15, 0.2) is 43.0 Å². The van der Waals surface area contributed by atoms with E-state index in [2.05, 4.69) is 11.9 Å². The minimum Gasteiger partial charge on any atom is -0.457 e. The minimum absolute atomic E-state index is 0.120. The van der Waals surface area contributed by atoms with Gasteiger partial charge in [-0.2, -0.15) is 0 Å². The Labute approximate surface area is 96.1 Å². The fourth-order valence-electron chi connectivity index (χ4n) is 1.27. The molecule has 0 heterocycles. The minimum atomic E-state index is -0.373. The van der Waals surface area contributed by atoms with Gasteiger partial charge in [-0.1, -0.05) is 31.7 Å². The zero-order valence-corrected chi connectivity index (χ0v) is 9.48. The molecule has 1 rings (SSSR count). The van der Waals surface area contributed by atoms with Crippen LogP contribution in [0.25, 0.3) is 0 Å².